The molecule has 0 aliphatic carbocycles. The molecule has 1 aliphatic rings. The van der Waals surface area contributed by atoms with Crippen molar-refractivity contribution in [2.24, 2.45) is 0 Å². The van der Waals surface area contributed by atoms with Crippen LogP contribution in [0.25, 0.3) is 0 Å². The standard InChI is InChI=1S/C18H16FNO4/c1-11(21)24-16-6-4-12(8-14(16)19)2-3-13-5-7-17-15(9-13)20-18(22)10-23-17/h4-9H,2-3,10H2,1H3,(H,20,22). The van der Waals surface area contributed by atoms with Crippen LogP contribution in [0.2, 0.25) is 0 Å². The van der Waals surface area contributed by atoms with Gasteiger partial charge < -0.3 is 14.8 Å². The number of rotatable bonds is 4. The van der Waals surface area contributed by atoms with Crippen LogP contribution in [-0.4, -0.2) is 18.5 Å². The highest BCUT2D eigenvalue weighted by molar-refractivity contribution is 5.95. The molecule has 0 saturated carbocycles. The molecule has 1 amide bonds. The minimum absolute atomic E-state index is 0.0281. The molecule has 2 aromatic carbocycles. The van der Waals surface area contributed by atoms with Crippen LogP contribution in [0.3, 0.4) is 0 Å². The van der Waals surface area contributed by atoms with Gasteiger partial charge in [-0.25, -0.2) is 4.39 Å². The molecule has 1 N–H and O–H groups in total. The molecule has 5 nitrogen and oxygen atoms in total. The second-order valence-electron chi connectivity index (χ2n) is 5.53. The highest BCUT2D eigenvalue weighted by Gasteiger charge is 2.16. The van der Waals surface area contributed by atoms with Gasteiger partial charge in [0.15, 0.2) is 18.2 Å². The molecule has 124 valence electrons. The molecule has 0 aromatic heterocycles. The molecule has 24 heavy (non-hydrogen) atoms. The summed E-state index contributed by atoms with van der Waals surface area (Å²) in [4.78, 5) is 22.2. The summed E-state index contributed by atoms with van der Waals surface area (Å²) in [5.74, 6) is -0.716. The minimum atomic E-state index is -0.561. The van der Waals surface area contributed by atoms with Crippen molar-refractivity contribution in [2.75, 3.05) is 11.9 Å². The third-order valence-electron chi connectivity index (χ3n) is 3.63. The van der Waals surface area contributed by atoms with E-state index in [0.717, 1.165) is 11.1 Å². The smallest absolute Gasteiger partial charge is 0.308 e. The molecule has 0 atom stereocenters. The summed E-state index contributed by atoms with van der Waals surface area (Å²) in [6.07, 6.45) is 1.29. The van der Waals surface area contributed by atoms with Gasteiger partial charge in [-0.05, 0) is 48.2 Å². The van der Waals surface area contributed by atoms with Crippen LogP contribution in [-0.2, 0) is 22.4 Å². The average molecular weight is 329 g/mol. The quantitative estimate of drug-likeness (QED) is 0.692. The van der Waals surface area contributed by atoms with Gasteiger partial charge in [0.2, 0.25) is 0 Å². The van der Waals surface area contributed by atoms with E-state index in [1.54, 1.807) is 6.07 Å². The number of carbonyl (C=O) groups excluding carboxylic acids is 2. The number of aryl methyl sites for hydroxylation is 2. The number of halogens is 1. The maximum atomic E-state index is 13.9. The first kappa shape index (κ1) is 16.0. The number of nitrogens with one attached hydrogen (secondary N) is 1. The second-order valence-corrected chi connectivity index (χ2v) is 5.53. The SMILES string of the molecule is CC(=O)Oc1ccc(CCc2ccc3c(c2)NC(=O)CO3)cc1F. The number of anilines is 1. The highest BCUT2D eigenvalue weighted by atomic mass is 19.1. The van der Waals surface area contributed by atoms with Crippen molar-refractivity contribution in [3.05, 3.63) is 53.3 Å². The first-order valence-corrected chi connectivity index (χ1v) is 7.54. The van der Waals surface area contributed by atoms with Crippen LogP contribution in [0, 0.1) is 5.82 Å². The minimum Gasteiger partial charge on any atom is -0.482 e. The number of hydrogen-bond acceptors (Lipinski definition) is 4. The zero-order valence-corrected chi connectivity index (χ0v) is 13.1. The zero-order chi connectivity index (χ0) is 17.1. The highest BCUT2D eigenvalue weighted by Crippen LogP contribution is 2.29. The van der Waals surface area contributed by atoms with E-state index >= 15 is 0 Å². The molecule has 1 aliphatic heterocycles. The molecule has 0 saturated heterocycles. The summed E-state index contributed by atoms with van der Waals surface area (Å²) in [5.41, 5.74) is 2.45. The first-order valence-electron chi connectivity index (χ1n) is 7.54. The van der Waals surface area contributed by atoms with E-state index in [2.05, 4.69) is 5.32 Å². The van der Waals surface area contributed by atoms with Crippen LogP contribution >= 0.6 is 0 Å². The van der Waals surface area contributed by atoms with Gasteiger partial charge in [0, 0.05) is 6.92 Å². The van der Waals surface area contributed by atoms with E-state index in [-0.39, 0.29) is 18.3 Å². The van der Waals surface area contributed by atoms with E-state index in [9.17, 15) is 14.0 Å². The van der Waals surface area contributed by atoms with Gasteiger partial charge in [0.05, 0.1) is 5.69 Å². The summed E-state index contributed by atoms with van der Waals surface area (Å²) in [6.45, 7) is 1.26. The predicted octanol–water partition coefficient (Wildman–Crippen LogP) is 2.87. The monoisotopic (exact) mass is 329 g/mol. The lowest BCUT2D eigenvalue weighted by molar-refractivity contribution is -0.132. The van der Waals surface area contributed by atoms with Gasteiger partial charge in [0.25, 0.3) is 5.91 Å². The number of ether oxygens (including phenoxy) is 2. The number of carbonyl (C=O) groups is 2. The summed E-state index contributed by atoms with van der Waals surface area (Å²) in [6, 6.07) is 10.1. The Balaban J connectivity index is 1.67. The maximum Gasteiger partial charge on any atom is 0.308 e. The molecule has 0 radical (unpaired) electrons. The van der Waals surface area contributed by atoms with Crippen molar-refractivity contribution < 1.29 is 23.5 Å². The van der Waals surface area contributed by atoms with Crippen LogP contribution < -0.4 is 14.8 Å². The van der Waals surface area contributed by atoms with E-state index in [0.29, 0.717) is 24.3 Å². The van der Waals surface area contributed by atoms with Crippen molar-refractivity contribution in [1.29, 1.82) is 0 Å². The second kappa shape index (κ2) is 6.70. The topological polar surface area (TPSA) is 64.6 Å². The molecule has 0 spiro atoms. The van der Waals surface area contributed by atoms with Gasteiger partial charge in [-0.1, -0.05) is 12.1 Å². The number of fused-ring (bicyclic) bond motifs is 1. The van der Waals surface area contributed by atoms with Gasteiger partial charge in [-0.2, -0.15) is 0 Å². The Labute approximate surface area is 138 Å². The van der Waals surface area contributed by atoms with Crippen LogP contribution in [0.1, 0.15) is 18.1 Å². The summed E-state index contributed by atoms with van der Waals surface area (Å²) in [7, 11) is 0. The molecule has 0 fully saturated rings. The normalized spacial score (nSPS) is 12.8. The molecule has 2 aromatic rings. The van der Waals surface area contributed by atoms with E-state index in [1.807, 2.05) is 18.2 Å². The Kier molecular flexibility index (Phi) is 4.46. The molecule has 0 unspecified atom stereocenters. The fraction of sp³-hybridized carbons (Fsp3) is 0.222. The zero-order valence-electron chi connectivity index (χ0n) is 13.1. The van der Waals surface area contributed by atoms with Gasteiger partial charge >= 0.3 is 5.97 Å². The van der Waals surface area contributed by atoms with Gasteiger partial charge in [-0.15, -0.1) is 0 Å². The molecule has 1 heterocycles. The Morgan fingerprint density at radius 3 is 2.62 bits per heavy atom. The Bertz CT molecular complexity index is 804. The third-order valence-corrected chi connectivity index (χ3v) is 3.63. The van der Waals surface area contributed by atoms with Crippen molar-refractivity contribution in [3.8, 4) is 11.5 Å². The van der Waals surface area contributed by atoms with Crippen molar-refractivity contribution in [2.45, 2.75) is 19.8 Å². The molecular weight excluding hydrogens is 313 g/mol. The number of hydrogen-bond donors (Lipinski definition) is 1. The number of amides is 1. The Morgan fingerprint density at radius 1 is 1.21 bits per heavy atom. The lowest BCUT2D eigenvalue weighted by Gasteiger charge is -2.18. The van der Waals surface area contributed by atoms with E-state index in [1.165, 1.54) is 19.1 Å². The average Bonchev–Trinajstić information content (AvgIpc) is 2.54. The summed E-state index contributed by atoms with van der Waals surface area (Å²) < 4.78 is 23.9. The van der Waals surface area contributed by atoms with Crippen LogP contribution in [0.15, 0.2) is 36.4 Å². The van der Waals surface area contributed by atoms with Crippen molar-refractivity contribution >= 4 is 17.6 Å². The fourth-order valence-electron chi connectivity index (χ4n) is 2.51. The fourth-order valence-corrected chi connectivity index (χ4v) is 2.51. The lowest BCUT2D eigenvalue weighted by Crippen LogP contribution is -2.25. The third kappa shape index (κ3) is 3.71. The maximum absolute atomic E-state index is 13.9. The number of esters is 1. The summed E-state index contributed by atoms with van der Waals surface area (Å²) >= 11 is 0. The largest absolute Gasteiger partial charge is 0.482 e. The van der Waals surface area contributed by atoms with Crippen molar-refractivity contribution in [1.82, 2.24) is 0 Å². The molecule has 6 heteroatoms. The van der Waals surface area contributed by atoms with Gasteiger partial charge in [-0.3, -0.25) is 9.59 Å². The van der Waals surface area contributed by atoms with Crippen LogP contribution in [0.5, 0.6) is 11.5 Å². The van der Waals surface area contributed by atoms with E-state index in [4.69, 9.17) is 9.47 Å². The first-order chi connectivity index (χ1) is 11.5. The van der Waals surface area contributed by atoms with Crippen LogP contribution in [0.4, 0.5) is 10.1 Å². The molecule has 3 rings (SSSR count). The number of benzene rings is 2. The molecular formula is C18H16FNO4. The lowest BCUT2D eigenvalue weighted by atomic mass is 10.0. The Hall–Kier alpha value is -2.89. The molecule has 0 bridgehead atoms. The Morgan fingerprint density at radius 2 is 1.92 bits per heavy atom. The van der Waals surface area contributed by atoms with Crippen molar-refractivity contribution in [3.63, 3.8) is 0 Å². The predicted molar refractivity (Wildman–Crippen MR) is 85.7 cm³/mol. The van der Waals surface area contributed by atoms with Gasteiger partial charge in [0.1, 0.15) is 5.75 Å². The summed E-state index contributed by atoms with van der Waals surface area (Å²) in [5, 5.41) is 2.76. The van der Waals surface area contributed by atoms with E-state index < -0.39 is 11.8 Å².